The summed E-state index contributed by atoms with van der Waals surface area (Å²) in [7, 11) is 0. The van der Waals surface area contributed by atoms with Gasteiger partial charge in [0.1, 0.15) is 5.01 Å². The highest BCUT2D eigenvalue weighted by molar-refractivity contribution is 7.09. The Morgan fingerprint density at radius 1 is 1.50 bits per heavy atom. The fourth-order valence-electron chi connectivity index (χ4n) is 2.35. The number of hydrogen-bond donors (Lipinski definition) is 1. The molecule has 0 amide bonds. The molecular formula is C14H24N2OS. The fourth-order valence-corrected chi connectivity index (χ4v) is 3.59. The highest BCUT2D eigenvalue weighted by atomic mass is 32.1. The molecule has 0 saturated carbocycles. The molecule has 4 heteroatoms. The lowest BCUT2D eigenvalue weighted by atomic mass is 9.91. The van der Waals surface area contributed by atoms with Crippen molar-refractivity contribution in [3.05, 3.63) is 16.1 Å². The Morgan fingerprint density at radius 2 is 2.28 bits per heavy atom. The summed E-state index contributed by atoms with van der Waals surface area (Å²) in [5.41, 5.74) is 1.25. The molecule has 1 aromatic heterocycles. The van der Waals surface area contributed by atoms with Gasteiger partial charge in [-0.3, -0.25) is 0 Å². The van der Waals surface area contributed by atoms with Gasteiger partial charge in [0, 0.05) is 17.4 Å². The Balaban J connectivity index is 2.28. The van der Waals surface area contributed by atoms with Crippen molar-refractivity contribution >= 4 is 11.3 Å². The van der Waals surface area contributed by atoms with Crippen LogP contribution in [-0.2, 0) is 15.7 Å². The number of ether oxygens (including phenoxy) is 1. The van der Waals surface area contributed by atoms with Crippen LogP contribution < -0.4 is 5.32 Å². The fraction of sp³-hybridized carbons (Fsp3) is 0.786. The first kappa shape index (κ1) is 14.0. The van der Waals surface area contributed by atoms with E-state index in [1.165, 1.54) is 10.7 Å². The highest BCUT2D eigenvalue weighted by Gasteiger charge is 2.37. The van der Waals surface area contributed by atoms with Crippen LogP contribution in [0.4, 0.5) is 0 Å². The summed E-state index contributed by atoms with van der Waals surface area (Å²) < 4.78 is 5.69. The summed E-state index contributed by atoms with van der Waals surface area (Å²) in [6.45, 7) is 11.4. The summed E-state index contributed by atoms with van der Waals surface area (Å²) in [4.78, 5) is 4.87. The van der Waals surface area contributed by atoms with Crippen molar-refractivity contribution < 1.29 is 4.74 Å². The third kappa shape index (κ3) is 2.76. The maximum Gasteiger partial charge on any atom is 0.115 e. The molecule has 0 aliphatic carbocycles. The Labute approximate surface area is 114 Å². The highest BCUT2D eigenvalue weighted by Crippen LogP contribution is 2.34. The monoisotopic (exact) mass is 268 g/mol. The first-order chi connectivity index (χ1) is 8.48. The normalized spacial score (nSPS) is 25.3. The number of hydrogen-bond acceptors (Lipinski definition) is 4. The zero-order valence-corrected chi connectivity index (χ0v) is 12.7. The van der Waals surface area contributed by atoms with E-state index in [2.05, 4.69) is 38.4 Å². The minimum absolute atomic E-state index is 0.0544. The maximum atomic E-state index is 5.69. The maximum absolute atomic E-state index is 5.69. The van der Waals surface area contributed by atoms with E-state index in [-0.39, 0.29) is 11.0 Å². The standard InChI is InChI=1S/C14H24N2OS/c1-5-15-14(7-6-8-17-10-14)12-16-11(9-18-12)13(2,3)4/h9,15H,5-8,10H2,1-4H3. The quantitative estimate of drug-likeness (QED) is 0.915. The van der Waals surface area contributed by atoms with Crippen molar-refractivity contribution in [2.45, 2.75) is 51.5 Å². The molecule has 0 bridgehead atoms. The van der Waals surface area contributed by atoms with Gasteiger partial charge in [0.25, 0.3) is 0 Å². The lowest BCUT2D eigenvalue weighted by Crippen LogP contribution is -2.48. The van der Waals surface area contributed by atoms with Gasteiger partial charge in [-0.05, 0) is 19.4 Å². The molecule has 102 valence electrons. The third-order valence-electron chi connectivity index (χ3n) is 3.44. The number of likely N-dealkylation sites (N-methyl/N-ethyl adjacent to an activating group) is 1. The molecule has 3 nitrogen and oxygen atoms in total. The second-order valence-electron chi connectivity index (χ2n) is 6.06. The summed E-state index contributed by atoms with van der Waals surface area (Å²) in [5.74, 6) is 0. The van der Waals surface area contributed by atoms with Crippen molar-refractivity contribution in [1.29, 1.82) is 0 Å². The van der Waals surface area contributed by atoms with Gasteiger partial charge >= 0.3 is 0 Å². The first-order valence-corrected chi connectivity index (χ1v) is 7.65. The van der Waals surface area contributed by atoms with Crippen LogP contribution in [0, 0.1) is 0 Å². The number of rotatable bonds is 3. The van der Waals surface area contributed by atoms with Crippen molar-refractivity contribution in [2.24, 2.45) is 0 Å². The van der Waals surface area contributed by atoms with E-state index >= 15 is 0 Å². The molecule has 2 rings (SSSR count). The molecular weight excluding hydrogens is 244 g/mol. The van der Waals surface area contributed by atoms with E-state index < -0.39 is 0 Å². The van der Waals surface area contributed by atoms with Crippen LogP contribution in [-0.4, -0.2) is 24.7 Å². The van der Waals surface area contributed by atoms with Crippen LogP contribution in [0.5, 0.6) is 0 Å². The van der Waals surface area contributed by atoms with Crippen molar-refractivity contribution in [3.63, 3.8) is 0 Å². The van der Waals surface area contributed by atoms with Crippen LogP contribution in [0.1, 0.15) is 51.2 Å². The SMILES string of the molecule is CCNC1(c2nc(C(C)(C)C)cs2)CCCOC1. The molecule has 2 heterocycles. The van der Waals surface area contributed by atoms with Crippen molar-refractivity contribution in [3.8, 4) is 0 Å². The summed E-state index contributed by atoms with van der Waals surface area (Å²) >= 11 is 1.77. The molecule has 1 fully saturated rings. The predicted octanol–water partition coefficient (Wildman–Crippen LogP) is 3.06. The number of thiazole rings is 1. The zero-order valence-electron chi connectivity index (χ0n) is 11.9. The molecule has 1 aliphatic rings. The lowest BCUT2D eigenvalue weighted by molar-refractivity contribution is 0.0187. The number of nitrogens with one attached hydrogen (secondary N) is 1. The van der Waals surface area contributed by atoms with Crippen molar-refractivity contribution in [2.75, 3.05) is 19.8 Å². The molecule has 0 spiro atoms. The van der Waals surface area contributed by atoms with E-state index in [4.69, 9.17) is 9.72 Å². The van der Waals surface area contributed by atoms with Crippen LogP contribution in [0.2, 0.25) is 0 Å². The van der Waals surface area contributed by atoms with E-state index in [0.717, 1.165) is 32.6 Å². The van der Waals surface area contributed by atoms with Crippen LogP contribution in [0.25, 0.3) is 0 Å². The third-order valence-corrected chi connectivity index (χ3v) is 4.48. The molecule has 0 aromatic carbocycles. The summed E-state index contributed by atoms with van der Waals surface area (Å²) in [5, 5.41) is 6.99. The molecule has 0 radical (unpaired) electrons. The van der Waals surface area contributed by atoms with Gasteiger partial charge in [0.2, 0.25) is 0 Å². The minimum Gasteiger partial charge on any atom is -0.379 e. The molecule has 18 heavy (non-hydrogen) atoms. The number of nitrogens with zero attached hydrogens (tertiary/aromatic N) is 1. The second kappa shape index (κ2) is 5.27. The van der Waals surface area contributed by atoms with E-state index in [1.807, 2.05) is 0 Å². The molecule has 1 saturated heterocycles. The van der Waals surface area contributed by atoms with Crippen molar-refractivity contribution in [1.82, 2.24) is 10.3 Å². The lowest BCUT2D eigenvalue weighted by Gasteiger charge is -2.36. The van der Waals surface area contributed by atoms with Crippen LogP contribution in [0.3, 0.4) is 0 Å². The van der Waals surface area contributed by atoms with Gasteiger partial charge in [-0.15, -0.1) is 11.3 Å². The van der Waals surface area contributed by atoms with E-state index in [9.17, 15) is 0 Å². The average Bonchev–Trinajstić information content (AvgIpc) is 2.80. The van der Waals surface area contributed by atoms with Gasteiger partial charge in [0.05, 0.1) is 17.8 Å². The van der Waals surface area contributed by atoms with E-state index in [1.54, 1.807) is 11.3 Å². The molecule has 1 N–H and O–H groups in total. The van der Waals surface area contributed by atoms with Gasteiger partial charge in [-0.2, -0.15) is 0 Å². The largest absolute Gasteiger partial charge is 0.379 e. The van der Waals surface area contributed by atoms with Crippen LogP contribution in [0.15, 0.2) is 5.38 Å². The molecule has 1 aliphatic heterocycles. The summed E-state index contributed by atoms with van der Waals surface area (Å²) in [6, 6.07) is 0. The van der Waals surface area contributed by atoms with Gasteiger partial charge in [-0.25, -0.2) is 4.98 Å². The zero-order chi connectivity index (χ0) is 13.2. The molecule has 1 unspecified atom stereocenters. The van der Waals surface area contributed by atoms with E-state index in [0.29, 0.717) is 0 Å². The Morgan fingerprint density at radius 3 is 2.78 bits per heavy atom. The van der Waals surface area contributed by atoms with Gasteiger partial charge in [-0.1, -0.05) is 27.7 Å². The topological polar surface area (TPSA) is 34.2 Å². The summed E-state index contributed by atoms with van der Waals surface area (Å²) in [6.07, 6.45) is 2.23. The first-order valence-electron chi connectivity index (χ1n) is 6.77. The van der Waals surface area contributed by atoms with Crippen LogP contribution >= 0.6 is 11.3 Å². The second-order valence-corrected chi connectivity index (χ2v) is 6.91. The Hall–Kier alpha value is -0.450. The van der Waals surface area contributed by atoms with Gasteiger partial charge in [0.15, 0.2) is 0 Å². The Bertz CT molecular complexity index is 383. The average molecular weight is 268 g/mol. The Kier molecular flexibility index (Phi) is 4.09. The van der Waals surface area contributed by atoms with Gasteiger partial charge < -0.3 is 10.1 Å². The molecule has 1 atom stereocenters. The smallest absolute Gasteiger partial charge is 0.115 e. The number of aromatic nitrogens is 1. The predicted molar refractivity (Wildman–Crippen MR) is 76.2 cm³/mol. The molecule has 1 aromatic rings. The minimum atomic E-state index is -0.0544.